The summed E-state index contributed by atoms with van der Waals surface area (Å²) in [5.41, 5.74) is 1.40. The van der Waals surface area contributed by atoms with Gasteiger partial charge in [0.1, 0.15) is 11.6 Å². The number of carbonyl (C=O) groups excluding carboxylic acids is 2. The minimum absolute atomic E-state index is 0.0420. The molecule has 3 unspecified atom stereocenters. The van der Waals surface area contributed by atoms with Gasteiger partial charge in [0.15, 0.2) is 0 Å². The van der Waals surface area contributed by atoms with Gasteiger partial charge >= 0.3 is 6.09 Å². The monoisotopic (exact) mass is 565 g/mol. The van der Waals surface area contributed by atoms with Gasteiger partial charge in [0.2, 0.25) is 5.91 Å². The van der Waals surface area contributed by atoms with E-state index >= 15 is 0 Å². The van der Waals surface area contributed by atoms with E-state index in [0.29, 0.717) is 38.3 Å². The highest BCUT2D eigenvalue weighted by atomic mass is 35.5. The fourth-order valence-electron chi connectivity index (χ4n) is 6.24. The van der Waals surface area contributed by atoms with E-state index in [1.165, 1.54) is 17.7 Å². The number of alkyl halides is 1. The Kier molecular flexibility index (Phi) is 9.58. The molecule has 3 aliphatic rings. The van der Waals surface area contributed by atoms with Gasteiger partial charge in [0.25, 0.3) is 0 Å². The van der Waals surface area contributed by atoms with Gasteiger partial charge in [-0.1, -0.05) is 17.7 Å². The van der Waals surface area contributed by atoms with Crippen LogP contribution in [-0.2, 0) is 9.53 Å². The van der Waals surface area contributed by atoms with Gasteiger partial charge in [0, 0.05) is 55.6 Å². The number of amides is 2. The zero-order chi connectivity index (χ0) is 28.3. The lowest BCUT2D eigenvalue weighted by atomic mass is 9.87. The van der Waals surface area contributed by atoms with Gasteiger partial charge in [-0.2, -0.15) is 0 Å². The topological polar surface area (TPSA) is 53.1 Å². The molecule has 1 aromatic rings. The molecule has 6 nitrogen and oxygen atoms in total. The van der Waals surface area contributed by atoms with Crippen LogP contribution in [0, 0.1) is 17.6 Å². The van der Waals surface area contributed by atoms with Crippen LogP contribution in [0.25, 0.3) is 0 Å². The second kappa shape index (κ2) is 12.5. The molecule has 2 saturated heterocycles. The van der Waals surface area contributed by atoms with E-state index in [4.69, 9.17) is 16.3 Å². The largest absolute Gasteiger partial charge is 0.450 e. The molecular formula is C30H42ClF2N3O3. The van der Waals surface area contributed by atoms with Gasteiger partial charge in [-0.25, -0.2) is 13.6 Å². The Morgan fingerprint density at radius 1 is 1.10 bits per heavy atom. The Morgan fingerprint density at radius 3 is 2.51 bits per heavy atom. The van der Waals surface area contributed by atoms with Crippen molar-refractivity contribution in [3.05, 3.63) is 47.0 Å². The van der Waals surface area contributed by atoms with Crippen LogP contribution >= 0.6 is 11.6 Å². The molecule has 0 radical (unpaired) electrons. The van der Waals surface area contributed by atoms with Crippen LogP contribution in [0.1, 0.15) is 71.3 Å². The number of allylic oxidation sites excluding steroid dienone is 1. The summed E-state index contributed by atoms with van der Waals surface area (Å²) in [7, 11) is 0. The lowest BCUT2D eigenvalue weighted by Crippen LogP contribution is -2.51. The van der Waals surface area contributed by atoms with Crippen molar-refractivity contribution in [1.82, 2.24) is 14.7 Å². The molecule has 0 aromatic heterocycles. The molecule has 216 valence electrons. The zero-order valence-corrected chi connectivity index (χ0v) is 24.4. The number of hydrogen-bond donors (Lipinski definition) is 0. The fraction of sp³-hybridized carbons (Fsp3) is 0.667. The molecule has 1 aromatic carbocycles. The highest BCUT2D eigenvalue weighted by molar-refractivity contribution is 6.20. The Bertz CT molecular complexity index is 1080. The Hall–Kier alpha value is -2.19. The SMILES string of the molecule is CCOC(=O)N1CCN(C(=O)C2CN(C(C)(C)C)C[C@H]2c2ccc(F)cc2F)CCCC1C1=CCC(Cl)CC1. The van der Waals surface area contributed by atoms with Crippen molar-refractivity contribution in [1.29, 1.82) is 0 Å². The molecular weight excluding hydrogens is 524 g/mol. The van der Waals surface area contributed by atoms with E-state index in [2.05, 4.69) is 31.7 Å². The van der Waals surface area contributed by atoms with Crippen LogP contribution in [0.15, 0.2) is 29.8 Å². The molecule has 0 spiro atoms. The maximum Gasteiger partial charge on any atom is 0.410 e. The third-order valence-electron chi connectivity index (χ3n) is 8.46. The van der Waals surface area contributed by atoms with Crippen molar-refractivity contribution in [2.24, 2.45) is 5.92 Å². The summed E-state index contributed by atoms with van der Waals surface area (Å²) in [5.74, 6) is -2.13. The fourth-order valence-corrected chi connectivity index (χ4v) is 6.44. The van der Waals surface area contributed by atoms with Gasteiger partial charge in [-0.3, -0.25) is 14.6 Å². The molecule has 39 heavy (non-hydrogen) atoms. The summed E-state index contributed by atoms with van der Waals surface area (Å²) in [6, 6.07) is 3.58. The maximum atomic E-state index is 14.9. The molecule has 0 N–H and O–H groups in total. The van der Waals surface area contributed by atoms with Crippen molar-refractivity contribution in [2.45, 2.75) is 82.7 Å². The molecule has 2 amide bonds. The lowest BCUT2D eigenvalue weighted by molar-refractivity contribution is -0.136. The minimum Gasteiger partial charge on any atom is -0.450 e. The second-order valence-corrected chi connectivity index (χ2v) is 12.6. The summed E-state index contributed by atoms with van der Waals surface area (Å²) in [6.07, 6.45) is 5.81. The first-order chi connectivity index (χ1) is 18.5. The third kappa shape index (κ3) is 6.94. The number of ether oxygens (including phenoxy) is 1. The molecule has 2 fully saturated rings. The van der Waals surface area contributed by atoms with Crippen molar-refractivity contribution >= 4 is 23.6 Å². The molecule has 4 atom stereocenters. The quantitative estimate of drug-likeness (QED) is 0.335. The third-order valence-corrected chi connectivity index (χ3v) is 8.86. The van der Waals surface area contributed by atoms with E-state index in [0.717, 1.165) is 38.2 Å². The van der Waals surface area contributed by atoms with E-state index in [1.807, 2.05) is 4.90 Å². The molecule has 2 heterocycles. The van der Waals surface area contributed by atoms with E-state index in [1.54, 1.807) is 11.8 Å². The molecule has 0 saturated carbocycles. The molecule has 1 aliphatic carbocycles. The van der Waals surface area contributed by atoms with E-state index < -0.39 is 17.6 Å². The van der Waals surface area contributed by atoms with Crippen LogP contribution in [0.3, 0.4) is 0 Å². The first-order valence-electron chi connectivity index (χ1n) is 14.2. The zero-order valence-electron chi connectivity index (χ0n) is 23.6. The second-order valence-electron chi connectivity index (χ2n) is 12.0. The lowest BCUT2D eigenvalue weighted by Gasteiger charge is -2.39. The normalized spacial score (nSPS) is 27.1. The number of hydrogen-bond acceptors (Lipinski definition) is 4. The number of nitrogens with zero attached hydrogens (tertiary/aromatic N) is 3. The first-order valence-corrected chi connectivity index (χ1v) is 14.7. The molecule has 4 rings (SSSR count). The predicted molar refractivity (Wildman–Crippen MR) is 149 cm³/mol. The average molecular weight is 566 g/mol. The van der Waals surface area contributed by atoms with Gasteiger partial charge < -0.3 is 9.64 Å². The van der Waals surface area contributed by atoms with Crippen LogP contribution in [-0.4, -0.2) is 83.0 Å². The van der Waals surface area contributed by atoms with Crippen LogP contribution in [0.4, 0.5) is 13.6 Å². The highest BCUT2D eigenvalue weighted by Gasteiger charge is 2.45. The van der Waals surface area contributed by atoms with Gasteiger partial charge in [-0.15, -0.1) is 11.6 Å². The van der Waals surface area contributed by atoms with Gasteiger partial charge in [0.05, 0.1) is 18.6 Å². The average Bonchev–Trinajstić information content (AvgIpc) is 3.30. The van der Waals surface area contributed by atoms with E-state index in [-0.39, 0.29) is 41.5 Å². The maximum absolute atomic E-state index is 14.9. The summed E-state index contributed by atoms with van der Waals surface area (Å²) >= 11 is 6.32. The minimum atomic E-state index is -0.628. The summed E-state index contributed by atoms with van der Waals surface area (Å²) < 4.78 is 34.0. The molecule has 9 heteroatoms. The number of rotatable bonds is 4. The summed E-state index contributed by atoms with van der Waals surface area (Å²) in [5, 5.41) is 0.129. The highest BCUT2D eigenvalue weighted by Crippen LogP contribution is 2.39. The van der Waals surface area contributed by atoms with Gasteiger partial charge in [-0.05, 0) is 71.4 Å². The number of halogens is 3. The van der Waals surface area contributed by atoms with E-state index in [9.17, 15) is 18.4 Å². The molecule has 2 aliphatic heterocycles. The Balaban J connectivity index is 1.56. The van der Waals surface area contributed by atoms with Crippen LogP contribution in [0.5, 0.6) is 0 Å². The number of benzene rings is 1. The standard InChI is InChI=1S/C30H42ClF2N3O3/c1-5-39-29(38)36-16-15-34(14-6-7-27(36)20-8-10-21(31)11-9-20)28(37)25-19-35(30(2,3)4)18-24(25)23-13-12-22(32)17-26(23)33/h8,12-13,17,21,24-25,27H,5-7,9-11,14-16,18-19H2,1-4H3/t21?,24-,25?,27?/m0/s1. The predicted octanol–water partition coefficient (Wildman–Crippen LogP) is 5.95. The first kappa shape index (κ1) is 29.8. The summed E-state index contributed by atoms with van der Waals surface area (Å²) in [6.45, 7) is 10.6. The van der Waals surface area contributed by atoms with Crippen LogP contribution < -0.4 is 0 Å². The number of carbonyl (C=O) groups is 2. The number of likely N-dealkylation sites (tertiary alicyclic amines) is 1. The van der Waals surface area contributed by atoms with Crippen molar-refractivity contribution < 1.29 is 23.1 Å². The Labute approximate surface area is 236 Å². The van der Waals surface area contributed by atoms with Crippen molar-refractivity contribution in [3.8, 4) is 0 Å². The molecule has 0 bridgehead atoms. The summed E-state index contributed by atoms with van der Waals surface area (Å²) in [4.78, 5) is 32.9. The van der Waals surface area contributed by atoms with Crippen molar-refractivity contribution in [3.63, 3.8) is 0 Å². The van der Waals surface area contributed by atoms with Crippen LogP contribution in [0.2, 0.25) is 0 Å². The smallest absolute Gasteiger partial charge is 0.410 e. The van der Waals surface area contributed by atoms with Crippen molar-refractivity contribution in [2.75, 3.05) is 39.3 Å². The Morgan fingerprint density at radius 2 is 1.87 bits per heavy atom.